The van der Waals surface area contributed by atoms with Crippen LogP contribution < -0.4 is 10.6 Å². The molecule has 0 bridgehead atoms. The highest BCUT2D eigenvalue weighted by Crippen LogP contribution is 2.27. The Morgan fingerprint density at radius 3 is 2.87 bits per heavy atom. The number of nitrogens with zero attached hydrogens (tertiary/aromatic N) is 5. The zero-order valence-electron chi connectivity index (χ0n) is 17.1. The molecule has 30 heavy (non-hydrogen) atoms. The number of rotatable bonds is 10. The number of hydrogen-bond acceptors (Lipinski definition) is 8. The summed E-state index contributed by atoms with van der Waals surface area (Å²) in [6, 6.07) is 3.77. The van der Waals surface area contributed by atoms with Crippen LogP contribution in [-0.2, 0) is 16.0 Å². The van der Waals surface area contributed by atoms with E-state index in [0.29, 0.717) is 55.6 Å². The fraction of sp³-hybridized carbons (Fsp3) is 0.421. The number of methoxy groups -OCH3 is 1. The van der Waals surface area contributed by atoms with E-state index in [9.17, 15) is 4.79 Å². The highest BCUT2D eigenvalue weighted by molar-refractivity contribution is 6.29. The molecule has 3 rings (SSSR count). The smallest absolute Gasteiger partial charge is 0.274 e. The zero-order chi connectivity index (χ0) is 21.5. The Bertz CT molecular complexity index is 1020. The predicted molar refractivity (Wildman–Crippen MR) is 113 cm³/mol. The fourth-order valence-corrected chi connectivity index (χ4v) is 3.00. The van der Waals surface area contributed by atoms with Crippen LogP contribution in [-0.4, -0.2) is 64.1 Å². The average Bonchev–Trinajstić information content (AvgIpc) is 3.07. The first-order valence-corrected chi connectivity index (χ1v) is 9.90. The molecule has 0 aliphatic rings. The first-order valence-electron chi connectivity index (χ1n) is 9.52. The quantitative estimate of drug-likeness (QED) is 0.369. The van der Waals surface area contributed by atoms with Crippen molar-refractivity contribution >= 4 is 40.2 Å². The molecule has 0 aliphatic carbocycles. The van der Waals surface area contributed by atoms with Gasteiger partial charge in [-0.05, 0) is 43.1 Å². The third-order valence-electron chi connectivity index (χ3n) is 4.18. The molecule has 3 aromatic rings. The number of anilines is 2. The summed E-state index contributed by atoms with van der Waals surface area (Å²) in [4.78, 5) is 25.6. The molecule has 0 radical (unpaired) electrons. The van der Waals surface area contributed by atoms with E-state index in [4.69, 9.17) is 21.1 Å². The third kappa shape index (κ3) is 5.21. The van der Waals surface area contributed by atoms with Gasteiger partial charge in [-0.15, -0.1) is 0 Å². The number of halogens is 1. The maximum Gasteiger partial charge on any atom is 0.274 e. The Morgan fingerprint density at radius 2 is 2.13 bits per heavy atom. The predicted octanol–water partition coefficient (Wildman–Crippen LogP) is 2.34. The molecule has 0 saturated heterocycles. The lowest BCUT2D eigenvalue weighted by Crippen LogP contribution is -2.27. The van der Waals surface area contributed by atoms with Gasteiger partial charge in [-0.2, -0.15) is 10.1 Å². The summed E-state index contributed by atoms with van der Waals surface area (Å²) in [6.45, 7) is 6.01. The average molecular weight is 434 g/mol. The lowest BCUT2D eigenvalue weighted by molar-refractivity contribution is 0.0931. The van der Waals surface area contributed by atoms with Crippen LogP contribution in [0.1, 0.15) is 23.0 Å². The van der Waals surface area contributed by atoms with Crippen molar-refractivity contribution in [2.75, 3.05) is 38.8 Å². The summed E-state index contributed by atoms with van der Waals surface area (Å²) in [5, 5.41) is 10.4. The molecule has 2 N–H and O–H groups in total. The molecule has 1 amide bonds. The number of ether oxygens (including phenoxy) is 2. The second kappa shape index (κ2) is 10.3. The minimum Gasteiger partial charge on any atom is -0.383 e. The summed E-state index contributed by atoms with van der Waals surface area (Å²) in [5.74, 6) is 0.624. The van der Waals surface area contributed by atoms with Crippen LogP contribution in [0.15, 0.2) is 18.3 Å². The maximum atomic E-state index is 12.7. The molecule has 11 heteroatoms. The number of carbonyl (C=O) groups is 1. The van der Waals surface area contributed by atoms with Crippen molar-refractivity contribution in [3.05, 3.63) is 34.9 Å². The van der Waals surface area contributed by atoms with Crippen molar-refractivity contribution in [2.45, 2.75) is 20.4 Å². The van der Waals surface area contributed by atoms with Crippen LogP contribution in [0.3, 0.4) is 0 Å². The molecule has 0 atom stereocenters. The molecule has 0 aliphatic heterocycles. The standard InChI is InChI=1S/C19H24ClN7O3/c1-4-30-10-8-27-16-14(15(26-27)18(28)22-7-9-29-3)24-19(20)25-17(16)23-13-11-12(2)5-6-21-13/h5-6,11H,4,7-10H2,1-3H3,(H,22,28)(H,21,23,24,25). The molecule has 10 nitrogen and oxygen atoms in total. The molecular weight excluding hydrogens is 410 g/mol. The van der Waals surface area contributed by atoms with Crippen molar-refractivity contribution in [3.8, 4) is 0 Å². The minimum atomic E-state index is -0.374. The van der Waals surface area contributed by atoms with Gasteiger partial charge in [0, 0.05) is 26.5 Å². The summed E-state index contributed by atoms with van der Waals surface area (Å²) in [7, 11) is 1.56. The van der Waals surface area contributed by atoms with Crippen molar-refractivity contribution in [2.24, 2.45) is 0 Å². The van der Waals surface area contributed by atoms with Gasteiger partial charge in [0.05, 0.1) is 19.8 Å². The number of pyridine rings is 1. The van der Waals surface area contributed by atoms with Crippen molar-refractivity contribution in [1.82, 2.24) is 30.0 Å². The van der Waals surface area contributed by atoms with E-state index >= 15 is 0 Å². The summed E-state index contributed by atoms with van der Waals surface area (Å²) >= 11 is 6.16. The van der Waals surface area contributed by atoms with Crippen LogP contribution in [0.2, 0.25) is 5.28 Å². The highest BCUT2D eigenvalue weighted by atomic mass is 35.5. The first-order chi connectivity index (χ1) is 14.5. The van der Waals surface area contributed by atoms with Crippen molar-refractivity contribution in [3.63, 3.8) is 0 Å². The number of fused-ring (bicyclic) bond motifs is 1. The SMILES string of the molecule is CCOCCn1nc(C(=O)NCCOC)c2nc(Cl)nc(Nc3cc(C)ccn3)c21. The molecule has 0 spiro atoms. The Hall–Kier alpha value is -2.82. The number of aromatic nitrogens is 5. The largest absolute Gasteiger partial charge is 0.383 e. The van der Waals surface area contributed by atoms with E-state index in [2.05, 4.69) is 30.7 Å². The molecule has 0 aromatic carbocycles. The molecular formula is C19H24ClN7O3. The number of nitrogens with one attached hydrogen (secondary N) is 2. The van der Waals surface area contributed by atoms with Gasteiger partial charge in [-0.25, -0.2) is 9.97 Å². The lowest BCUT2D eigenvalue weighted by Gasteiger charge is -2.10. The Labute approximate surface area is 179 Å². The molecule has 3 aromatic heterocycles. The number of carbonyl (C=O) groups excluding carboxylic acids is 1. The van der Waals surface area contributed by atoms with Gasteiger partial charge >= 0.3 is 0 Å². The third-order valence-corrected chi connectivity index (χ3v) is 4.35. The van der Waals surface area contributed by atoms with E-state index < -0.39 is 0 Å². The zero-order valence-corrected chi connectivity index (χ0v) is 17.9. The van der Waals surface area contributed by atoms with Crippen molar-refractivity contribution < 1.29 is 14.3 Å². The van der Waals surface area contributed by atoms with Crippen LogP contribution in [0.5, 0.6) is 0 Å². The first kappa shape index (κ1) is 21.9. The Morgan fingerprint density at radius 1 is 1.30 bits per heavy atom. The van der Waals surface area contributed by atoms with Gasteiger partial charge in [-0.1, -0.05) is 0 Å². The van der Waals surface area contributed by atoms with E-state index in [0.717, 1.165) is 5.56 Å². The van der Waals surface area contributed by atoms with Crippen molar-refractivity contribution in [1.29, 1.82) is 0 Å². The molecule has 0 saturated carbocycles. The fourth-order valence-electron chi connectivity index (χ4n) is 2.83. The van der Waals surface area contributed by atoms with E-state index in [1.807, 2.05) is 26.0 Å². The Kier molecular flexibility index (Phi) is 7.50. The molecule has 0 fully saturated rings. The molecule has 160 valence electrons. The van der Waals surface area contributed by atoms with E-state index in [1.165, 1.54) is 0 Å². The van der Waals surface area contributed by atoms with Gasteiger partial charge in [0.1, 0.15) is 16.9 Å². The monoisotopic (exact) mass is 433 g/mol. The Balaban J connectivity index is 2.05. The number of hydrogen-bond donors (Lipinski definition) is 2. The van der Waals surface area contributed by atoms with Gasteiger partial charge in [0.25, 0.3) is 5.91 Å². The summed E-state index contributed by atoms with van der Waals surface area (Å²) in [6.07, 6.45) is 1.69. The van der Waals surface area contributed by atoms with Crippen LogP contribution >= 0.6 is 11.6 Å². The highest BCUT2D eigenvalue weighted by Gasteiger charge is 2.23. The van der Waals surface area contributed by atoms with Crippen LogP contribution in [0, 0.1) is 6.92 Å². The topological polar surface area (TPSA) is 116 Å². The van der Waals surface area contributed by atoms with Crippen LogP contribution in [0.4, 0.5) is 11.6 Å². The van der Waals surface area contributed by atoms with Gasteiger partial charge in [0.15, 0.2) is 11.5 Å². The van der Waals surface area contributed by atoms with Gasteiger partial charge < -0.3 is 20.1 Å². The molecule has 0 unspecified atom stereocenters. The summed E-state index contributed by atoms with van der Waals surface area (Å²) < 4.78 is 12.1. The second-order valence-corrected chi connectivity index (χ2v) is 6.74. The summed E-state index contributed by atoms with van der Waals surface area (Å²) in [5.41, 5.74) is 2.07. The number of aryl methyl sites for hydroxylation is 1. The molecule has 3 heterocycles. The maximum absolute atomic E-state index is 12.7. The van der Waals surface area contributed by atoms with E-state index in [1.54, 1.807) is 18.0 Å². The number of amides is 1. The van der Waals surface area contributed by atoms with Gasteiger partial charge in [-0.3, -0.25) is 9.48 Å². The second-order valence-electron chi connectivity index (χ2n) is 6.40. The van der Waals surface area contributed by atoms with Gasteiger partial charge in [0.2, 0.25) is 5.28 Å². The minimum absolute atomic E-state index is 0.00653. The lowest BCUT2D eigenvalue weighted by atomic mass is 10.3. The van der Waals surface area contributed by atoms with E-state index in [-0.39, 0.29) is 16.9 Å². The normalized spacial score (nSPS) is 11.1. The van der Waals surface area contributed by atoms with Crippen LogP contribution in [0.25, 0.3) is 11.0 Å².